The molecular formula is C20H18F3N3O3. The Kier molecular flexibility index (Phi) is 5.76. The highest BCUT2D eigenvalue weighted by Crippen LogP contribution is 2.35. The van der Waals surface area contributed by atoms with Gasteiger partial charge in [0.05, 0.1) is 31.2 Å². The molecule has 0 unspecified atom stereocenters. The third kappa shape index (κ3) is 4.34. The van der Waals surface area contributed by atoms with Crippen molar-refractivity contribution in [2.45, 2.75) is 13.1 Å². The van der Waals surface area contributed by atoms with Gasteiger partial charge in [-0.25, -0.2) is 4.68 Å². The van der Waals surface area contributed by atoms with Gasteiger partial charge in [-0.3, -0.25) is 4.79 Å². The number of hydrogen-bond acceptors (Lipinski definition) is 4. The van der Waals surface area contributed by atoms with Crippen molar-refractivity contribution >= 4 is 11.6 Å². The topological polar surface area (TPSA) is 65.4 Å². The van der Waals surface area contributed by atoms with Crippen LogP contribution in [0.2, 0.25) is 0 Å². The summed E-state index contributed by atoms with van der Waals surface area (Å²) in [4.78, 5) is 12.6. The van der Waals surface area contributed by atoms with Crippen LogP contribution in [-0.4, -0.2) is 29.4 Å². The van der Waals surface area contributed by atoms with Gasteiger partial charge in [-0.1, -0.05) is 18.2 Å². The van der Waals surface area contributed by atoms with Gasteiger partial charge in [-0.05, 0) is 31.2 Å². The van der Waals surface area contributed by atoms with E-state index in [2.05, 4.69) is 10.4 Å². The first-order valence-corrected chi connectivity index (χ1v) is 8.68. The third-order valence-corrected chi connectivity index (χ3v) is 4.00. The predicted octanol–water partition coefficient (Wildman–Crippen LogP) is 4.55. The lowest BCUT2D eigenvalue weighted by atomic mass is 10.2. The Balaban J connectivity index is 1.95. The number of nitrogens with one attached hydrogen (secondary N) is 1. The quantitative estimate of drug-likeness (QED) is 0.654. The lowest BCUT2D eigenvalue weighted by molar-refractivity contribution is -0.143. The molecule has 0 atom stereocenters. The first-order valence-electron chi connectivity index (χ1n) is 8.68. The molecule has 3 aromatic rings. The molecule has 0 saturated carbocycles. The van der Waals surface area contributed by atoms with E-state index in [0.29, 0.717) is 22.8 Å². The molecule has 0 saturated heterocycles. The Hall–Kier alpha value is -3.49. The highest BCUT2D eigenvalue weighted by atomic mass is 19.4. The van der Waals surface area contributed by atoms with Crippen LogP contribution < -0.4 is 14.8 Å². The molecule has 1 amide bonds. The van der Waals surface area contributed by atoms with E-state index in [1.54, 1.807) is 31.2 Å². The van der Waals surface area contributed by atoms with Gasteiger partial charge in [0.15, 0.2) is 17.2 Å². The Labute approximate surface area is 164 Å². The minimum Gasteiger partial charge on any atom is -0.493 e. The molecule has 0 aliphatic rings. The van der Waals surface area contributed by atoms with Crippen LogP contribution >= 0.6 is 0 Å². The lowest BCUT2D eigenvalue weighted by Crippen LogP contribution is -2.20. The zero-order chi connectivity index (χ0) is 21.0. The summed E-state index contributed by atoms with van der Waals surface area (Å²) in [6, 6.07) is 12.3. The van der Waals surface area contributed by atoms with Crippen LogP contribution in [0.1, 0.15) is 23.0 Å². The van der Waals surface area contributed by atoms with Gasteiger partial charge >= 0.3 is 6.18 Å². The SMILES string of the molecule is CCOc1ccc(NC(=O)c2cnn(-c3ccccc3)c2C(F)(F)F)cc1OC. The Morgan fingerprint density at radius 1 is 1.14 bits per heavy atom. The number of para-hydroxylation sites is 1. The molecule has 0 radical (unpaired) electrons. The van der Waals surface area contributed by atoms with E-state index >= 15 is 0 Å². The summed E-state index contributed by atoms with van der Waals surface area (Å²) >= 11 is 0. The molecule has 1 heterocycles. The maximum atomic E-state index is 13.7. The fourth-order valence-corrected chi connectivity index (χ4v) is 2.77. The van der Waals surface area contributed by atoms with Crippen molar-refractivity contribution < 1.29 is 27.4 Å². The second-order valence-corrected chi connectivity index (χ2v) is 5.90. The fraction of sp³-hybridized carbons (Fsp3) is 0.200. The van der Waals surface area contributed by atoms with Gasteiger partial charge in [0.1, 0.15) is 0 Å². The molecule has 2 aromatic carbocycles. The monoisotopic (exact) mass is 405 g/mol. The van der Waals surface area contributed by atoms with Crippen molar-refractivity contribution in [3.63, 3.8) is 0 Å². The number of methoxy groups -OCH3 is 1. The number of anilines is 1. The van der Waals surface area contributed by atoms with Crippen molar-refractivity contribution in [2.24, 2.45) is 0 Å². The Morgan fingerprint density at radius 2 is 1.86 bits per heavy atom. The van der Waals surface area contributed by atoms with Gasteiger partial charge in [-0.2, -0.15) is 18.3 Å². The van der Waals surface area contributed by atoms with E-state index < -0.39 is 23.3 Å². The van der Waals surface area contributed by atoms with E-state index in [1.165, 1.54) is 31.4 Å². The normalized spacial score (nSPS) is 11.2. The number of carbonyl (C=O) groups is 1. The predicted molar refractivity (Wildman–Crippen MR) is 101 cm³/mol. The maximum absolute atomic E-state index is 13.7. The zero-order valence-electron chi connectivity index (χ0n) is 15.7. The largest absolute Gasteiger partial charge is 0.493 e. The molecule has 0 aliphatic carbocycles. The number of hydrogen-bond donors (Lipinski definition) is 1. The van der Waals surface area contributed by atoms with Gasteiger partial charge < -0.3 is 14.8 Å². The summed E-state index contributed by atoms with van der Waals surface area (Å²) in [5, 5.41) is 6.23. The summed E-state index contributed by atoms with van der Waals surface area (Å²) in [5.41, 5.74) is -1.29. The van der Waals surface area contributed by atoms with Crippen LogP contribution in [0.3, 0.4) is 0 Å². The van der Waals surface area contributed by atoms with Crippen LogP contribution in [0.25, 0.3) is 5.69 Å². The number of halogens is 3. The number of benzene rings is 2. The third-order valence-electron chi connectivity index (χ3n) is 4.00. The van der Waals surface area contributed by atoms with Crippen molar-refractivity contribution in [3.05, 3.63) is 66.0 Å². The average Bonchev–Trinajstić information content (AvgIpc) is 3.16. The summed E-state index contributed by atoms with van der Waals surface area (Å²) in [7, 11) is 1.43. The molecular weight excluding hydrogens is 387 g/mol. The van der Waals surface area contributed by atoms with Gasteiger partial charge in [0.2, 0.25) is 0 Å². The number of nitrogens with zero attached hydrogens (tertiary/aromatic N) is 2. The van der Waals surface area contributed by atoms with Gasteiger partial charge in [0.25, 0.3) is 5.91 Å². The summed E-state index contributed by atoms with van der Waals surface area (Å²) in [5.74, 6) is -0.132. The molecule has 152 valence electrons. The second-order valence-electron chi connectivity index (χ2n) is 5.90. The second kappa shape index (κ2) is 8.26. The molecule has 6 nitrogen and oxygen atoms in total. The summed E-state index contributed by atoms with van der Waals surface area (Å²) < 4.78 is 52.4. The summed E-state index contributed by atoms with van der Waals surface area (Å²) in [6.07, 6.45) is -3.88. The first-order chi connectivity index (χ1) is 13.8. The number of ether oxygens (including phenoxy) is 2. The molecule has 9 heteroatoms. The Morgan fingerprint density at radius 3 is 2.48 bits per heavy atom. The van der Waals surface area contributed by atoms with Gasteiger partial charge in [-0.15, -0.1) is 0 Å². The molecule has 0 bridgehead atoms. The maximum Gasteiger partial charge on any atom is 0.434 e. The molecule has 29 heavy (non-hydrogen) atoms. The van der Waals surface area contributed by atoms with Crippen molar-refractivity contribution in [1.29, 1.82) is 0 Å². The summed E-state index contributed by atoms with van der Waals surface area (Å²) in [6.45, 7) is 2.22. The first kappa shape index (κ1) is 20.2. The van der Waals surface area contributed by atoms with Crippen LogP contribution in [0.15, 0.2) is 54.7 Å². The number of rotatable bonds is 6. The van der Waals surface area contributed by atoms with Crippen molar-refractivity contribution in [3.8, 4) is 17.2 Å². The van der Waals surface area contributed by atoms with Crippen LogP contribution in [0.4, 0.5) is 18.9 Å². The van der Waals surface area contributed by atoms with E-state index in [9.17, 15) is 18.0 Å². The fourth-order valence-electron chi connectivity index (χ4n) is 2.77. The molecule has 3 rings (SSSR count). The number of amides is 1. The number of alkyl halides is 3. The Bertz CT molecular complexity index is 1000. The average molecular weight is 405 g/mol. The smallest absolute Gasteiger partial charge is 0.434 e. The van der Waals surface area contributed by atoms with Crippen LogP contribution in [0.5, 0.6) is 11.5 Å². The van der Waals surface area contributed by atoms with Crippen molar-refractivity contribution in [1.82, 2.24) is 9.78 Å². The highest BCUT2D eigenvalue weighted by Gasteiger charge is 2.40. The highest BCUT2D eigenvalue weighted by molar-refractivity contribution is 6.05. The minimum atomic E-state index is -4.78. The molecule has 1 N–H and O–H groups in total. The van der Waals surface area contributed by atoms with E-state index in [0.717, 1.165) is 6.20 Å². The van der Waals surface area contributed by atoms with Gasteiger partial charge in [0, 0.05) is 11.8 Å². The molecule has 1 aromatic heterocycles. The molecule has 0 fully saturated rings. The number of carbonyl (C=O) groups excluding carboxylic acids is 1. The van der Waals surface area contributed by atoms with E-state index in [1.807, 2.05) is 0 Å². The zero-order valence-corrected chi connectivity index (χ0v) is 15.7. The van der Waals surface area contributed by atoms with Crippen LogP contribution in [0, 0.1) is 0 Å². The number of aromatic nitrogens is 2. The van der Waals surface area contributed by atoms with Crippen molar-refractivity contribution in [2.75, 3.05) is 19.0 Å². The minimum absolute atomic E-state index is 0.196. The van der Waals surface area contributed by atoms with E-state index in [-0.39, 0.29) is 11.4 Å². The lowest BCUT2D eigenvalue weighted by Gasteiger charge is -2.14. The molecule has 0 spiro atoms. The standard InChI is InChI=1S/C20H18F3N3O3/c1-3-29-16-10-9-13(11-17(16)28-2)25-19(27)15-12-24-26(18(15)20(21,22)23)14-7-5-4-6-8-14/h4-12H,3H2,1-2H3,(H,25,27). The van der Waals surface area contributed by atoms with Crippen LogP contribution in [-0.2, 0) is 6.18 Å². The molecule has 0 aliphatic heterocycles. The van der Waals surface area contributed by atoms with E-state index in [4.69, 9.17) is 9.47 Å².